The van der Waals surface area contributed by atoms with Gasteiger partial charge in [-0.15, -0.1) is 12.4 Å². The van der Waals surface area contributed by atoms with E-state index < -0.39 is 10.5 Å². The predicted octanol–water partition coefficient (Wildman–Crippen LogP) is 0.457. The molecule has 0 aromatic carbocycles. The van der Waals surface area contributed by atoms with Crippen molar-refractivity contribution in [3.63, 3.8) is 0 Å². The van der Waals surface area contributed by atoms with Gasteiger partial charge in [0.15, 0.2) is 0 Å². The van der Waals surface area contributed by atoms with E-state index in [4.69, 9.17) is 5.73 Å². The number of halogens is 1. The van der Waals surface area contributed by atoms with Crippen molar-refractivity contribution >= 4 is 24.1 Å². The molecule has 2 rings (SSSR count). The van der Waals surface area contributed by atoms with Crippen LogP contribution >= 0.6 is 12.4 Å². The molecule has 0 radical (unpaired) electrons. The number of nitrogens with zero attached hydrogens (tertiary/aromatic N) is 3. The van der Waals surface area contributed by atoms with Gasteiger partial charge in [-0.05, 0) is 30.6 Å². The third kappa shape index (κ3) is 3.67. The predicted molar refractivity (Wildman–Crippen MR) is 74.5 cm³/mol. The van der Waals surface area contributed by atoms with Crippen molar-refractivity contribution in [3.8, 4) is 0 Å². The summed E-state index contributed by atoms with van der Waals surface area (Å²) in [5.74, 6) is -0.0807. The number of carbonyl (C=O) groups excluding carboxylic acids is 1. The molecule has 1 aliphatic rings. The minimum atomic E-state index is -0.595. The van der Waals surface area contributed by atoms with Crippen molar-refractivity contribution in [3.05, 3.63) is 22.4 Å². The second kappa shape index (κ2) is 6.19. The first-order valence-electron chi connectivity index (χ1n) is 6.13. The molecular weight excluding hydrogens is 286 g/mol. The number of carbonyl (C=O) groups is 1. The van der Waals surface area contributed by atoms with Crippen molar-refractivity contribution in [2.75, 3.05) is 6.54 Å². The van der Waals surface area contributed by atoms with Gasteiger partial charge >= 0.3 is 5.82 Å². The van der Waals surface area contributed by atoms with Crippen LogP contribution < -0.4 is 11.1 Å². The lowest BCUT2D eigenvalue weighted by molar-refractivity contribution is -0.389. The van der Waals surface area contributed by atoms with E-state index in [9.17, 15) is 14.9 Å². The van der Waals surface area contributed by atoms with E-state index >= 15 is 0 Å². The third-order valence-corrected chi connectivity index (χ3v) is 3.45. The number of hydrogen-bond acceptors (Lipinski definition) is 5. The summed E-state index contributed by atoms with van der Waals surface area (Å²) < 4.78 is 1.25. The fourth-order valence-corrected chi connectivity index (χ4v) is 2.08. The van der Waals surface area contributed by atoms with E-state index in [1.54, 1.807) is 0 Å². The Morgan fingerprint density at radius 2 is 2.35 bits per heavy atom. The molecule has 3 N–H and O–H groups in total. The Balaban J connectivity index is 0.00000200. The highest BCUT2D eigenvalue weighted by molar-refractivity contribution is 5.85. The largest absolute Gasteiger partial charge is 0.389 e. The highest BCUT2D eigenvalue weighted by atomic mass is 35.5. The summed E-state index contributed by atoms with van der Waals surface area (Å²) in [6.45, 7) is 2.26. The zero-order valence-electron chi connectivity index (χ0n) is 11.1. The Morgan fingerprint density at radius 1 is 1.70 bits per heavy atom. The number of aromatic nitrogens is 2. The second-order valence-electron chi connectivity index (χ2n) is 5.07. The number of nitro groups is 1. The standard InChI is InChI=1S/C11H17N5O3.ClH/c1-11(7-12,8-2-3-8)13-10(17)6-15-5-4-9(14-15)16(18)19;/h4-5,8H,2-3,6-7,12H2,1H3,(H,13,17);1H. The highest BCUT2D eigenvalue weighted by Gasteiger charge is 2.41. The molecule has 20 heavy (non-hydrogen) atoms. The summed E-state index contributed by atoms with van der Waals surface area (Å²) in [4.78, 5) is 21.8. The molecule has 1 aromatic heterocycles. The second-order valence-corrected chi connectivity index (χ2v) is 5.07. The van der Waals surface area contributed by atoms with Gasteiger partial charge in [-0.3, -0.25) is 4.79 Å². The molecule has 9 heteroatoms. The molecule has 0 spiro atoms. The highest BCUT2D eigenvalue weighted by Crippen LogP contribution is 2.38. The molecular formula is C11H18ClN5O3. The number of nitrogens with two attached hydrogens (primary N) is 1. The molecule has 0 bridgehead atoms. The molecule has 1 amide bonds. The van der Waals surface area contributed by atoms with E-state index in [1.807, 2.05) is 6.92 Å². The molecule has 1 aromatic rings. The lowest BCUT2D eigenvalue weighted by atomic mass is 9.96. The SMILES string of the molecule is CC(CN)(NC(=O)Cn1ccc([N+](=O)[O-])n1)C1CC1.Cl. The zero-order chi connectivity index (χ0) is 14.0. The summed E-state index contributed by atoms with van der Waals surface area (Å²) in [5, 5.41) is 17.1. The fraction of sp³-hybridized carbons (Fsp3) is 0.636. The molecule has 1 fully saturated rings. The maximum absolute atomic E-state index is 11.9. The van der Waals surface area contributed by atoms with Gasteiger partial charge < -0.3 is 21.2 Å². The summed E-state index contributed by atoms with van der Waals surface area (Å²) in [6, 6.07) is 1.26. The number of amides is 1. The van der Waals surface area contributed by atoms with Crippen LogP contribution in [0.2, 0.25) is 0 Å². The number of hydrogen-bond donors (Lipinski definition) is 2. The smallest absolute Gasteiger partial charge is 0.358 e. The van der Waals surface area contributed by atoms with Crippen molar-refractivity contribution < 1.29 is 9.72 Å². The van der Waals surface area contributed by atoms with Gasteiger partial charge in [-0.25, -0.2) is 0 Å². The van der Waals surface area contributed by atoms with Gasteiger partial charge in [-0.1, -0.05) is 0 Å². The van der Waals surface area contributed by atoms with Gasteiger partial charge in [0.25, 0.3) is 0 Å². The molecule has 1 aliphatic carbocycles. The fourth-order valence-electron chi connectivity index (χ4n) is 2.08. The molecule has 1 heterocycles. The van der Waals surface area contributed by atoms with Crippen LogP contribution in [0.4, 0.5) is 5.82 Å². The van der Waals surface area contributed by atoms with Crippen molar-refractivity contribution in [2.45, 2.75) is 31.8 Å². The summed E-state index contributed by atoms with van der Waals surface area (Å²) in [6.07, 6.45) is 3.55. The number of rotatable bonds is 6. The summed E-state index contributed by atoms with van der Waals surface area (Å²) in [7, 11) is 0. The van der Waals surface area contributed by atoms with E-state index in [-0.39, 0.29) is 30.7 Å². The van der Waals surface area contributed by atoms with Crippen LogP contribution in [0.3, 0.4) is 0 Å². The molecule has 0 saturated heterocycles. The van der Waals surface area contributed by atoms with Crippen LogP contribution in [0.15, 0.2) is 12.3 Å². The van der Waals surface area contributed by atoms with Crippen molar-refractivity contribution in [1.82, 2.24) is 15.1 Å². The van der Waals surface area contributed by atoms with Gasteiger partial charge in [0, 0.05) is 6.54 Å². The Labute approximate surface area is 122 Å². The van der Waals surface area contributed by atoms with E-state index in [0.717, 1.165) is 12.8 Å². The first-order chi connectivity index (χ1) is 8.94. The lowest BCUT2D eigenvalue weighted by Gasteiger charge is -2.29. The Morgan fingerprint density at radius 3 is 2.80 bits per heavy atom. The van der Waals surface area contributed by atoms with Crippen molar-refractivity contribution in [2.24, 2.45) is 11.7 Å². The third-order valence-electron chi connectivity index (χ3n) is 3.45. The summed E-state index contributed by atoms with van der Waals surface area (Å²) in [5.41, 5.74) is 5.31. The first-order valence-corrected chi connectivity index (χ1v) is 6.13. The van der Waals surface area contributed by atoms with Gasteiger partial charge in [0.2, 0.25) is 5.91 Å². The van der Waals surface area contributed by atoms with Crippen LogP contribution in [0.5, 0.6) is 0 Å². The van der Waals surface area contributed by atoms with E-state index in [1.165, 1.54) is 16.9 Å². The molecule has 112 valence electrons. The average molecular weight is 304 g/mol. The molecule has 0 aliphatic heterocycles. The van der Waals surface area contributed by atoms with Crippen LogP contribution in [0.1, 0.15) is 19.8 Å². The molecule has 1 unspecified atom stereocenters. The van der Waals surface area contributed by atoms with Crippen molar-refractivity contribution in [1.29, 1.82) is 0 Å². The quantitative estimate of drug-likeness (QED) is 0.585. The minimum Gasteiger partial charge on any atom is -0.358 e. The van der Waals surface area contributed by atoms with Crippen LogP contribution in [0.25, 0.3) is 0 Å². The monoisotopic (exact) mass is 303 g/mol. The van der Waals surface area contributed by atoms with Gasteiger partial charge in [0.05, 0.1) is 22.9 Å². The Bertz CT molecular complexity index is 502. The zero-order valence-corrected chi connectivity index (χ0v) is 11.9. The number of nitrogens with one attached hydrogen (secondary N) is 1. The topological polar surface area (TPSA) is 116 Å². The molecule has 1 atom stereocenters. The summed E-state index contributed by atoms with van der Waals surface area (Å²) >= 11 is 0. The lowest BCUT2D eigenvalue weighted by Crippen LogP contribution is -2.53. The maximum Gasteiger partial charge on any atom is 0.389 e. The Hall–Kier alpha value is -1.67. The molecule has 8 nitrogen and oxygen atoms in total. The van der Waals surface area contributed by atoms with Crippen LogP contribution in [0, 0.1) is 16.0 Å². The van der Waals surface area contributed by atoms with Gasteiger partial charge in [-0.2, -0.15) is 4.68 Å². The Kier molecular flexibility index (Phi) is 5.07. The van der Waals surface area contributed by atoms with Crippen LogP contribution in [-0.2, 0) is 11.3 Å². The normalized spacial score (nSPS) is 16.9. The van der Waals surface area contributed by atoms with E-state index in [2.05, 4.69) is 10.4 Å². The maximum atomic E-state index is 11.9. The van der Waals surface area contributed by atoms with E-state index in [0.29, 0.717) is 12.5 Å². The average Bonchev–Trinajstić information content (AvgIpc) is 3.10. The van der Waals surface area contributed by atoms with Gasteiger partial charge in [0.1, 0.15) is 6.54 Å². The minimum absolute atomic E-state index is 0. The van der Waals surface area contributed by atoms with Crippen LogP contribution in [-0.4, -0.2) is 32.7 Å². The molecule has 1 saturated carbocycles. The first kappa shape index (κ1) is 16.4.